The Kier molecular flexibility index (Phi) is 39.6. The molecule has 2 fully saturated rings. The van der Waals surface area contributed by atoms with Gasteiger partial charge in [0.05, 0.1) is 26.3 Å². The summed E-state index contributed by atoms with van der Waals surface area (Å²) in [6.45, 7) is 0.724. The second-order valence-corrected chi connectivity index (χ2v) is 32.9. The summed E-state index contributed by atoms with van der Waals surface area (Å²) in [6, 6.07) is 33.2. The van der Waals surface area contributed by atoms with Gasteiger partial charge in [-0.2, -0.15) is 0 Å². The number of guanidine groups is 2. The Bertz CT molecular complexity index is 4980. The van der Waals surface area contributed by atoms with Crippen LogP contribution in [0.15, 0.2) is 156 Å². The van der Waals surface area contributed by atoms with Crippen molar-refractivity contribution in [2.45, 2.75) is 157 Å². The molecule has 9 rings (SSSR count). The number of rotatable bonds is 31. The third-order valence-electron chi connectivity index (χ3n) is 21.3. The number of aliphatic imine (C=N–C) groups is 2. The van der Waals surface area contributed by atoms with Crippen LogP contribution >= 0.6 is 45.2 Å². The van der Waals surface area contributed by atoms with Crippen LogP contribution in [-0.2, 0) is 85.0 Å². The quantitative estimate of drug-likeness (QED) is 0.0126. The molecule has 0 bridgehead atoms. The van der Waals surface area contributed by atoms with Crippen molar-refractivity contribution in [3.63, 3.8) is 0 Å². The van der Waals surface area contributed by atoms with Crippen molar-refractivity contribution in [1.29, 1.82) is 0 Å². The van der Waals surface area contributed by atoms with Gasteiger partial charge in [-0.25, -0.2) is 0 Å². The first kappa shape index (κ1) is 98.6. The van der Waals surface area contributed by atoms with Gasteiger partial charge in [-0.15, -0.1) is 0 Å². The molecule has 7 aromatic carbocycles. The number of likely N-dealkylation sites (N-methyl/N-ethyl adjacent to an activating group) is 2. The molecule has 2 aliphatic rings. The molecule has 12 amide bonds. The smallest absolute Gasteiger partial charge is 0.251 e. The Hall–Kier alpha value is -11.8. The fourth-order valence-electron chi connectivity index (χ4n) is 14.2. The van der Waals surface area contributed by atoms with Crippen LogP contribution in [0.3, 0.4) is 0 Å². The van der Waals surface area contributed by atoms with Gasteiger partial charge in [0.15, 0.2) is 11.9 Å². The number of hydrogen-bond acceptors (Lipinski definition) is 19. The number of unbranched alkanes of at least 4 members (excludes halogenated alkanes) is 1. The third-order valence-corrected chi connectivity index (χ3v) is 23.1. The molecule has 2 aliphatic heterocycles. The molecule has 0 radical (unpaired) electrons. The second kappa shape index (κ2) is 50.2. The molecule has 9 atom stereocenters. The van der Waals surface area contributed by atoms with Crippen molar-refractivity contribution in [2.24, 2.45) is 38.7 Å². The highest BCUT2D eigenvalue weighted by atomic mass is 127. The predicted molar refractivity (Wildman–Crippen MR) is 494 cm³/mol. The molecule has 0 aromatic heterocycles. The molecule has 7 aromatic rings. The van der Waals surface area contributed by atoms with Crippen LogP contribution in [0.5, 0.6) is 11.5 Å². The largest absolute Gasteiger partial charge is 0.507 e. The zero-order chi connectivity index (χ0) is 90.7. The predicted octanol–water partition coefficient (Wildman–Crippen LogP) is 1.34. The summed E-state index contributed by atoms with van der Waals surface area (Å²) < 4.78 is 1.06. The zero-order valence-corrected chi connectivity index (χ0v) is 74.9. The van der Waals surface area contributed by atoms with Crippen molar-refractivity contribution in [2.75, 3.05) is 74.0 Å². The first-order chi connectivity index (χ1) is 59.9. The highest BCUT2D eigenvalue weighted by Gasteiger charge is 2.39. The summed E-state index contributed by atoms with van der Waals surface area (Å²) in [5.41, 5.74) is 32.8. The maximum Gasteiger partial charge on any atom is 0.251 e. The summed E-state index contributed by atoms with van der Waals surface area (Å²) in [7, 11) is 5.95. The van der Waals surface area contributed by atoms with Gasteiger partial charge in [0.2, 0.25) is 65.0 Å². The number of nitrogens with zero attached hydrogens (tertiary/aromatic N) is 4. The second-order valence-electron chi connectivity index (χ2n) is 30.6. The van der Waals surface area contributed by atoms with Crippen LogP contribution in [0.2, 0.25) is 0 Å². The Morgan fingerprint density at radius 2 is 0.824 bits per heavy atom. The monoisotopic (exact) mass is 1940 g/mol. The molecule has 1 unspecified atom stereocenters. The lowest BCUT2D eigenvalue weighted by Gasteiger charge is -2.32. The van der Waals surface area contributed by atoms with Gasteiger partial charge < -0.3 is 112 Å². The van der Waals surface area contributed by atoms with E-state index in [9.17, 15) is 67.7 Å². The minimum absolute atomic E-state index is 0.0170. The van der Waals surface area contributed by atoms with Crippen LogP contribution in [-0.4, -0.2) is 231 Å². The fourth-order valence-corrected chi connectivity index (χ4v) is 15.3. The van der Waals surface area contributed by atoms with Crippen molar-refractivity contribution < 1.29 is 67.7 Å². The molecule has 37 heteroatoms. The van der Waals surface area contributed by atoms with E-state index < -0.39 is 132 Å². The van der Waals surface area contributed by atoms with E-state index in [-0.39, 0.29) is 107 Å². The van der Waals surface area contributed by atoms with E-state index in [4.69, 9.17) is 28.7 Å². The summed E-state index contributed by atoms with van der Waals surface area (Å²) in [6.07, 6.45) is 3.96. The van der Waals surface area contributed by atoms with E-state index in [1.54, 1.807) is 48.5 Å². The maximum absolute atomic E-state index is 14.6. The molecular weight excluding hydrogens is 1830 g/mol. The van der Waals surface area contributed by atoms with E-state index in [2.05, 4.69) is 73.8 Å². The molecule has 0 spiro atoms. The number of amides is 12. The lowest BCUT2D eigenvalue weighted by Crippen LogP contribution is -2.58. The first-order valence-electron chi connectivity index (χ1n) is 41.5. The molecular formula is C88H115I2N21O14. The molecule has 0 aliphatic carbocycles. The number of nitrogens with one attached hydrogen (secondary N) is 12. The van der Waals surface area contributed by atoms with Crippen LogP contribution in [0.1, 0.15) is 109 Å². The van der Waals surface area contributed by atoms with Crippen molar-refractivity contribution in [1.82, 2.24) is 73.6 Å². The van der Waals surface area contributed by atoms with Gasteiger partial charge in [0.25, 0.3) is 5.91 Å². The number of benzene rings is 7. The van der Waals surface area contributed by atoms with E-state index in [1.807, 2.05) is 130 Å². The van der Waals surface area contributed by atoms with Gasteiger partial charge in [0, 0.05) is 85.6 Å². The standard InChI is InChI=1S/C51H67IN12O8.C37H48IN9O6/c1-56-51(55)58-24-7-12-39-48(70)63-40(27-32-16-18-34-9-3-4-10-36(34)25-32)47(69)60-30-44(66)61-41(28-33-17-21-43(65)37(52)26-33)50(72)64(2)42(49(71)62-39)13-8-23-57-45(67)35-19-14-31(15-20-35)29-59-46(68)38(54)11-5-6-22-53;1-41-37(40)42-16-6-9-27-34(51)46-28(19-22-11-13-24-7-3-4-8-25(24)17-22)33(50)43-21-32(49)44-29(20-23-12-14-31(48)26(38)18-23)36(53)47(2)30(10-5-15-39)35(52)45-27/h3-4,9-10,14-21,25-26,38-42,65H,5-8,11-13,22-24,27-30,53-54H2,1-2H3,(H,57,67)(H,59,68)(H,60,69)(H,61,66)(H,62,71)(H,63,70)(H3,55,56,58);3-4,7-8,11-14,17-18,27-30,48H,5-6,9-10,15-16,19-21,39H2,1-2H3,(H,43,50)(H,44,49)(H,45,52)(H,46,51)(H3,40,41,42)/t38?,39-,40-,41+,42+;27-,28-,29+,30+/m00/s1. The molecule has 125 heavy (non-hydrogen) atoms. The number of fused-ring (bicyclic) bond motifs is 2. The summed E-state index contributed by atoms with van der Waals surface area (Å²) in [5.74, 6) is -6.57. The summed E-state index contributed by atoms with van der Waals surface area (Å²) in [4.78, 5) is 177. The van der Waals surface area contributed by atoms with Crippen LogP contribution in [0.25, 0.3) is 21.5 Å². The number of carbonyl (C=O) groups excluding carboxylic acids is 12. The molecule has 670 valence electrons. The van der Waals surface area contributed by atoms with Gasteiger partial charge in [-0.3, -0.25) is 67.5 Å². The number of carbonyl (C=O) groups is 12. The summed E-state index contributed by atoms with van der Waals surface area (Å²) >= 11 is 3.92. The number of hydrogen-bond donors (Lipinski definition) is 19. The number of nitrogens with two attached hydrogens (primary N) is 5. The molecule has 0 saturated carbocycles. The normalized spacial score (nSPS) is 19.6. The Balaban J connectivity index is 0.000000324. The van der Waals surface area contributed by atoms with Gasteiger partial charge in [-0.05, 0) is 208 Å². The van der Waals surface area contributed by atoms with Crippen LogP contribution < -0.4 is 92.5 Å². The van der Waals surface area contributed by atoms with Crippen molar-refractivity contribution in [3.05, 3.63) is 186 Å². The van der Waals surface area contributed by atoms with Crippen LogP contribution in [0.4, 0.5) is 0 Å². The van der Waals surface area contributed by atoms with E-state index in [1.165, 1.54) is 50.1 Å². The number of aromatic hydroxyl groups is 2. The Morgan fingerprint density at radius 3 is 1.26 bits per heavy atom. The maximum atomic E-state index is 14.6. The Morgan fingerprint density at radius 1 is 0.440 bits per heavy atom. The van der Waals surface area contributed by atoms with Crippen molar-refractivity contribution in [3.8, 4) is 11.5 Å². The fraction of sp³-hybridized carbons (Fsp3) is 0.409. The lowest BCUT2D eigenvalue weighted by molar-refractivity contribution is -0.142. The third kappa shape index (κ3) is 31.1. The molecule has 24 N–H and O–H groups in total. The van der Waals surface area contributed by atoms with Crippen LogP contribution in [0, 0.1) is 7.14 Å². The number of phenols is 2. The minimum atomic E-state index is -1.24. The van der Waals surface area contributed by atoms with Gasteiger partial charge >= 0.3 is 0 Å². The minimum Gasteiger partial charge on any atom is -0.507 e. The molecule has 2 saturated heterocycles. The SMILES string of the molecule is CN=C(N)NCCC[C@@H]1NC(=O)[C@@H](CCCN)N(C)C(=O)[C@@H](Cc2ccc(O)c(I)c2)NC(=O)CNC(=O)[C@H](Cc2ccc3ccccc3c2)NC1=O.CN=C(N)NCCC[C@@H]1NC(=O)[C@@H](CCCNC(=O)c2ccc(CNC(=O)C(N)CCCCN)cc2)N(C)C(=O)[C@@H](Cc2ccc(O)c(I)c2)NC(=O)CNC(=O)[C@H](Cc2ccc3ccccc3c2)NC1=O. The van der Waals surface area contributed by atoms with Crippen molar-refractivity contribution >= 4 is 150 Å². The zero-order valence-electron chi connectivity index (χ0n) is 70.5. The topological polar surface area (TPSA) is 551 Å². The summed E-state index contributed by atoms with van der Waals surface area (Å²) in [5, 5.41) is 57.8. The number of halogens is 2. The molecule has 35 nitrogen and oxygen atoms in total. The molecule has 2 heterocycles. The highest BCUT2D eigenvalue weighted by Crippen LogP contribution is 2.26. The Labute approximate surface area is 753 Å². The van der Waals surface area contributed by atoms with Gasteiger partial charge in [0.1, 0.15) is 59.8 Å². The average Bonchev–Trinajstić information content (AvgIpc) is 1.68. The van der Waals surface area contributed by atoms with E-state index in [0.29, 0.717) is 69.1 Å². The van der Waals surface area contributed by atoms with Gasteiger partial charge in [-0.1, -0.05) is 116 Å². The first-order valence-corrected chi connectivity index (χ1v) is 43.6. The van der Waals surface area contributed by atoms with E-state index >= 15 is 0 Å². The average molecular weight is 1940 g/mol. The lowest BCUT2D eigenvalue weighted by atomic mass is 10.00. The number of phenolic OH excluding ortho intramolecular Hbond substituents is 2. The highest BCUT2D eigenvalue weighted by molar-refractivity contribution is 14.1. The van der Waals surface area contributed by atoms with E-state index in [0.717, 1.165) is 51.1 Å².